The lowest BCUT2D eigenvalue weighted by Gasteiger charge is -2.04. The van der Waals surface area contributed by atoms with E-state index in [9.17, 15) is 18.0 Å². The first-order valence-corrected chi connectivity index (χ1v) is 4.82. The normalized spacial score (nSPS) is 11.3. The zero-order valence-electron chi connectivity index (χ0n) is 9.12. The first-order chi connectivity index (χ1) is 7.90. The van der Waals surface area contributed by atoms with Gasteiger partial charge >= 0.3 is 12.1 Å². The van der Waals surface area contributed by atoms with Crippen molar-refractivity contribution < 1.29 is 22.7 Å². The number of esters is 1. The lowest BCUT2D eigenvalue weighted by Crippen LogP contribution is -2.14. The second-order valence-electron chi connectivity index (χ2n) is 3.12. The van der Waals surface area contributed by atoms with Crippen molar-refractivity contribution in [2.75, 3.05) is 6.61 Å². The number of aromatic nitrogens is 2. The van der Waals surface area contributed by atoms with E-state index in [4.69, 9.17) is 0 Å². The molecule has 4 nitrogen and oxygen atoms in total. The summed E-state index contributed by atoms with van der Waals surface area (Å²) in [4.78, 5) is 11.3. The molecule has 1 heterocycles. The molecule has 0 N–H and O–H groups in total. The molecule has 0 bridgehead atoms. The molecule has 0 aromatic carbocycles. The number of carbonyl (C=O) groups excluding carboxylic acids is 1. The molecule has 1 aromatic rings. The average Bonchev–Trinajstić information content (AvgIpc) is 2.62. The largest absolute Gasteiger partial charge is 0.462 e. The predicted molar refractivity (Wildman–Crippen MR) is 53.4 cm³/mol. The fraction of sp³-hybridized carbons (Fsp3) is 0.400. The van der Waals surface area contributed by atoms with Crippen LogP contribution in [0.4, 0.5) is 13.2 Å². The Morgan fingerprint density at radius 1 is 1.65 bits per heavy atom. The van der Waals surface area contributed by atoms with Crippen molar-refractivity contribution in [2.24, 2.45) is 0 Å². The van der Waals surface area contributed by atoms with Gasteiger partial charge in [0.15, 0.2) is 5.69 Å². The van der Waals surface area contributed by atoms with Crippen molar-refractivity contribution in [1.29, 1.82) is 0 Å². The Hall–Kier alpha value is -1.79. The molecule has 0 saturated heterocycles. The molecular weight excluding hydrogens is 237 g/mol. The summed E-state index contributed by atoms with van der Waals surface area (Å²) in [7, 11) is 0. The van der Waals surface area contributed by atoms with Crippen molar-refractivity contribution in [1.82, 2.24) is 9.78 Å². The van der Waals surface area contributed by atoms with Crippen LogP contribution >= 0.6 is 0 Å². The van der Waals surface area contributed by atoms with Gasteiger partial charge in [0.1, 0.15) is 5.56 Å². The molecule has 0 atom stereocenters. The molecule has 0 aliphatic heterocycles. The highest BCUT2D eigenvalue weighted by molar-refractivity contribution is 5.90. The van der Waals surface area contributed by atoms with E-state index in [1.54, 1.807) is 0 Å². The minimum atomic E-state index is -4.69. The Morgan fingerprint density at radius 2 is 2.29 bits per heavy atom. The van der Waals surface area contributed by atoms with E-state index < -0.39 is 23.4 Å². The second-order valence-corrected chi connectivity index (χ2v) is 3.12. The van der Waals surface area contributed by atoms with E-state index in [0.29, 0.717) is 0 Å². The summed E-state index contributed by atoms with van der Waals surface area (Å²) >= 11 is 0. The van der Waals surface area contributed by atoms with Gasteiger partial charge in [0.2, 0.25) is 0 Å². The van der Waals surface area contributed by atoms with E-state index >= 15 is 0 Å². The molecule has 0 unspecified atom stereocenters. The Balaban J connectivity index is 3.16. The highest BCUT2D eigenvalue weighted by Crippen LogP contribution is 2.31. The van der Waals surface area contributed by atoms with Crippen LogP contribution in [0.25, 0.3) is 0 Å². The van der Waals surface area contributed by atoms with Gasteiger partial charge in [-0.05, 0) is 6.92 Å². The quantitative estimate of drug-likeness (QED) is 0.606. The monoisotopic (exact) mass is 248 g/mol. The number of hydrogen-bond donors (Lipinski definition) is 0. The van der Waals surface area contributed by atoms with Crippen molar-refractivity contribution >= 4 is 5.97 Å². The van der Waals surface area contributed by atoms with Gasteiger partial charge in [-0.2, -0.15) is 18.3 Å². The Bertz CT molecular complexity index is 424. The van der Waals surface area contributed by atoms with E-state index in [-0.39, 0.29) is 13.2 Å². The fourth-order valence-corrected chi connectivity index (χ4v) is 1.21. The minimum absolute atomic E-state index is 0.00275. The first kappa shape index (κ1) is 13.3. The summed E-state index contributed by atoms with van der Waals surface area (Å²) in [6.07, 6.45) is -2.31. The van der Waals surface area contributed by atoms with Crippen LogP contribution < -0.4 is 0 Å². The second kappa shape index (κ2) is 5.03. The van der Waals surface area contributed by atoms with Crippen LogP contribution in [0.5, 0.6) is 0 Å². The predicted octanol–water partition coefficient (Wildman–Crippen LogP) is 2.26. The van der Waals surface area contributed by atoms with Crippen LogP contribution in [0.15, 0.2) is 18.9 Å². The van der Waals surface area contributed by atoms with Crippen molar-refractivity contribution in [2.45, 2.75) is 19.6 Å². The van der Waals surface area contributed by atoms with Crippen LogP contribution in [0.2, 0.25) is 0 Å². The summed E-state index contributed by atoms with van der Waals surface area (Å²) in [5, 5.41) is 3.29. The number of alkyl halides is 3. The number of ether oxygens (including phenoxy) is 1. The number of rotatable bonds is 4. The number of carbonyl (C=O) groups is 1. The third kappa shape index (κ3) is 3.08. The maximum atomic E-state index is 12.6. The standard InChI is InChI=1S/C10H11F3N2O2/c1-3-5-15-6-7(9(16)17-4-2)8(14-15)10(11,12)13/h3,6H,1,4-5H2,2H3. The van der Waals surface area contributed by atoms with Crippen LogP contribution in [-0.4, -0.2) is 22.4 Å². The summed E-state index contributed by atoms with van der Waals surface area (Å²) in [6.45, 7) is 4.98. The van der Waals surface area contributed by atoms with Crippen molar-refractivity contribution in [3.8, 4) is 0 Å². The molecule has 0 aliphatic carbocycles. The van der Waals surface area contributed by atoms with Crippen LogP contribution in [0.1, 0.15) is 23.0 Å². The number of nitrogens with zero attached hydrogens (tertiary/aromatic N) is 2. The summed E-state index contributed by atoms with van der Waals surface area (Å²) < 4.78 is 43.3. The molecule has 94 valence electrons. The third-order valence-electron chi connectivity index (χ3n) is 1.84. The summed E-state index contributed by atoms with van der Waals surface area (Å²) in [5.41, 5.74) is -1.82. The zero-order valence-corrected chi connectivity index (χ0v) is 9.12. The summed E-state index contributed by atoms with van der Waals surface area (Å²) in [6, 6.07) is 0. The van der Waals surface area contributed by atoms with Gasteiger partial charge in [0.05, 0.1) is 13.2 Å². The molecule has 7 heteroatoms. The van der Waals surface area contributed by atoms with Gasteiger partial charge in [-0.1, -0.05) is 6.08 Å². The number of hydrogen-bond acceptors (Lipinski definition) is 3. The molecule has 1 aromatic heterocycles. The molecule has 1 rings (SSSR count). The van der Waals surface area contributed by atoms with E-state index in [2.05, 4.69) is 16.4 Å². The third-order valence-corrected chi connectivity index (χ3v) is 1.84. The van der Waals surface area contributed by atoms with Crippen molar-refractivity contribution in [3.05, 3.63) is 30.1 Å². The molecule has 0 fully saturated rings. The van der Waals surface area contributed by atoms with Gasteiger partial charge in [-0.15, -0.1) is 6.58 Å². The van der Waals surface area contributed by atoms with E-state index in [1.165, 1.54) is 13.0 Å². The van der Waals surface area contributed by atoms with Crippen LogP contribution in [-0.2, 0) is 17.5 Å². The highest BCUT2D eigenvalue weighted by atomic mass is 19.4. The summed E-state index contributed by atoms with van der Waals surface area (Å²) in [5.74, 6) is -1.03. The molecule has 0 aliphatic rings. The van der Waals surface area contributed by atoms with Gasteiger partial charge in [0.25, 0.3) is 0 Å². The van der Waals surface area contributed by atoms with E-state index in [0.717, 1.165) is 10.9 Å². The smallest absolute Gasteiger partial charge is 0.436 e. The number of halogens is 3. The maximum absolute atomic E-state index is 12.6. The topological polar surface area (TPSA) is 44.1 Å². The van der Waals surface area contributed by atoms with Crippen molar-refractivity contribution in [3.63, 3.8) is 0 Å². The fourth-order valence-electron chi connectivity index (χ4n) is 1.21. The molecule has 17 heavy (non-hydrogen) atoms. The first-order valence-electron chi connectivity index (χ1n) is 4.82. The van der Waals surface area contributed by atoms with Gasteiger partial charge in [-0.3, -0.25) is 4.68 Å². The lowest BCUT2D eigenvalue weighted by atomic mass is 10.2. The Kier molecular flexibility index (Phi) is 3.93. The highest BCUT2D eigenvalue weighted by Gasteiger charge is 2.39. The minimum Gasteiger partial charge on any atom is -0.462 e. The molecule has 0 spiro atoms. The molecule has 0 radical (unpaired) electrons. The Morgan fingerprint density at radius 3 is 2.76 bits per heavy atom. The van der Waals surface area contributed by atoms with Gasteiger partial charge in [0, 0.05) is 6.20 Å². The average molecular weight is 248 g/mol. The van der Waals surface area contributed by atoms with Crippen LogP contribution in [0.3, 0.4) is 0 Å². The van der Waals surface area contributed by atoms with Gasteiger partial charge < -0.3 is 4.74 Å². The number of allylic oxidation sites excluding steroid dienone is 1. The molecule has 0 amide bonds. The zero-order chi connectivity index (χ0) is 13.1. The van der Waals surface area contributed by atoms with Crippen LogP contribution in [0, 0.1) is 0 Å². The Labute approximate surface area is 95.7 Å². The SMILES string of the molecule is C=CCn1cc(C(=O)OCC)c(C(F)(F)F)n1. The molecule has 0 saturated carbocycles. The maximum Gasteiger partial charge on any atom is 0.436 e. The van der Waals surface area contributed by atoms with E-state index in [1.807, 2.05) is 0 Å². The van der Waals surface area contributed by atoms with Gasteiger partial charge in [-0.25, -0.2) is 4.79 Å². The lowest BCUT2D eigenvalue weighted by molar-refractivity contribution is -0.142. The molecular formula is C10H11F3N2O2.